The average Bonchev–Trinajstić information content (AvgIpc) is 2.94. The summed E-state index contributed by atoms with van der Waals surface area (Å²) in [7, 11) is 0. The van der Waals surface area contributed by atoms with Crippen molar-refractivity contribution in [3.63, 3.8) is 0 Å². The van der Waals surface area contributed by atoms with Crippen molar-refractivity contribution in [3.8, 4) is 0 Å². The number of nitro groups is 1. The van der Waals surface area contributed by atoms with Gasteiger partial charge in [-0.15, -0.1) is 23.1 Å². The van der Waals surface area contributed by atoms with Crippen LogP contribution in [0.15, 0.2) is 47.4 Å². The fraction of sp³-hybridized carbons (Fsp3) is 0.176. The van der Waals surface area contributed by atoms with Crippen LogP contribution in [-0.2, 0) is 4.79 Å². The quantitative estimate of drug-likeness (QED) is 0.400. The maximum atomic E-state index is 12.4. The number of anilines is 1. The van der Waals surface area contributed by atoms with Gasteiger partial charge in [-0.25, -0.2) is 4.98 Å². The predicted octanol–water partition coefficient (Wildman–Crippen LogP) is 4.63. The number of aryl methyl sites for hydroxylation is 1. The number of nitrogens with one attached hydrogen (secondary N) is 1. The second kappa shape index (κ2) is 7.20. The van der Waals surface area contributed by atoms with E-state index in [4.69, 9.17) is 0 Å². The van der Waals surface area contributed by atoms with Gasteiger partial charge in [-0.1, -0.05) is 0 Å². The molecule has 2 aromatic carbocycles. The Morgan fingerprint density at radius 2 is 2.00 bits per heavy atom. The molecule has 0 fully saturated rings. The Hall–Kier alpha value is -2.45. The summed E-state index contributed by atoms with van der Waals surface area (Å²) in [5.41, 5.74) is 1.70. The largest absolute Gasteiger partial charge is 0.325 e. The van der Waals surface area contributed by atoms with Crippen molar-refractivity contribution in [1.29, 1.82) is 0 Å². The number of thioether (sulfide) groups is 1. The number of amides is 1. The number of carbonyl (C=O) groups is 1. The summed E-state index contributed by atoms with van der Waals surface area (Å²) in [6, 6.07) is 11.8. The number of hydrogen-bond acceptors (Lipinski definition) is 6. The van der Waals surface area contributed by atoms with Crippen LogP contribution < -0.4 is 5.32 Å². The van der Waals surface area contributed by atoms with Gasteiger partial charge in [0.05, 0.1) is 25.4 Å². The highest BCUT2D eigenvalue weighted by Crippen LogP contribution is 2.28. The molecule has 1 atom stereocenters. The lowest BCUT2D eigenvalue weighted by Crippen LogP contribution is -2.22. The molecule has 0 aliphatic heterocycles. The van der Waals surface area contributed by atoms with Crippen LogP contribution in [-0.4, -0.2) is 21.1 Å². The summed E-state index contributed by atoms with van der Waals surface area (Å²) < 4.78 is 1.03. The Kier molecular flexibility index (Phi) is 5.00. The molecule has 1 heterocycles. The minimum Gasteiger partial charge on any atom is -0.325 e. The number of nitro benzene ring substituents is 1. The summed E-state index contributed by atoms with van der Waals surface area (Å²) in [5, 5.41) is 14.2. The zero-order valence-electron chi connectivity index (χ0n) is 13.6. The molecular formula is C17H15N3O3S2. The lowest BCUT2D eigenvalue weighted by Gasteiger charge is -2.12. The first-order valence-corrected chi connectivity index (χ1v) is 9.21. The van der Waals surface area contributed by atoms with E-state index in [0.717, 1.165) is 25.8 Å². The first-order valence-electron chi connectivity index (χ1n) is 7.51. The standard InChI is InChI=1S/C17H15N3O3S2/c1-10(24-14-6-4-13(5-7-14)20(22)23)17(21)19-12-3-8-15-16(9-12)25-11(2)18-15/h3-10H,1-2H3,(H,19,21)/t10-/m1/s1. The van der Waals surface area contributed by atoms with Crippen LogP contribution in [0, 0.1) is 17.0 Å². The molecule has 0 unspecified atom stereocenters. The van der Waals surface area contributed by atoms with Gasteiger partial charge in [-0.3, -0.25) is 14.9 Å². The summed E-state index contributed by atoms with van der Waals surface area (Å²) in [6.07, 6.45) is 0. The molecule has 0 bridgehead atoms. The molecule has 0 saturated heterocycles. The fourth-order valence-electron chi connectivity index (χ4n) is 2.27. The third kappa shape index (κ3) is 4.15. The summed E-state index contributed by atoms with van der Waals surface area (Å²) >= 11 is 2.94. The normalized spacial score (nSPS) is 12.1. The number of benzene rings is 2. The maximum Gasteiger partial charge on any atom is 0.269 e. The van der Waals surface area contributed by atoms with E-state index in [1.54, 1.807) is 30.4 Å². The smallest absolute Gasteiger partial charge is 0.269 e. The molecule has 3 rings (SSSR count). The van der Waals surface area contributed by atoms with Gasteiger partial charge in [0.1, 0.15) is 0 Å². The van der Waals surface area contributed by atoms with Crippen LogP contribution in [0.5, 0.6) is 0 Å². The molecule has 6 nitrogen and oxygen atoms in total. The number of fused-ring (bicyclic) bond motifs is 1. The molecule has 1 aromatic heterocycles. The number of thiazole rings is 1. The monoisotopic (exact) mass is 373 g/mol. The highest BCUT2D eigenvalue weighted by molar-refractivity contribution is 8.00. The Balaban J connectivity index is 1.65. The Labute approximate surface area is 152 Å². The molecule has 0 aliphatic carbocycles. The van der Waals surface area contributed by atoms with E-state index in [9.17, 15) is 14.9 Å². The third-order valence-electron chi connectivity index (χ3n) is 3.49. The summed E-state index contributed by atoms with van der Waals surface area (Å²) in [6.45, 7) is 3.75. The lowest BCUT2D eigenvalue weighted by molar-refractivity contribution is -0.384. The van der Waals surface area contributed by atoms with E-state index in [0.29, 0.717) is 0 Å². The molecule has 1 N–H and O–H groups in total. The first-order chi connectivity index (χ1) is 11.9. The average molecular weight is 373 g/mol. The second-order valence-corrected chi connectivity index (χ2v) is 8.06. The zero-order chi connectivity index (χ0) is 18.0. The topological polar surface area (TPSA) is 85.1 Å². The highest BCUT2D eigenvalue weighted by Gasteiger charge is 2.16. The maximum absolute atomic E-state index is 12.4. The number of non-ortho nitro benzene ring substituents is 1. The van der Waals surface area contributed by atoms with Crippen LogP contribution in [0.2, 0.25) is 0 Å². The van der Waals surface area contributed by atoms with E-state index in [1.807, 2.05) is 25.1 Å². The lowest BCUT2D eigenvalue weighted by atomic mass is 10.3. The number of nitrogens with zero attached hydrogens (tertiary/aromatic N) is 2. The van der Waals surface area contributed by atoms with Crippen molar-refractivity contribution >= 4 is 50.6 Å². The molecule has 1 amide bonds. The zero-order valence-corrected chi connectivity index (χ0v) is 15.2. The molecule has 0 saturated carbocycles. The number of rotatable bonds is 5. The third-order valence-corrected chi connectivity index (χ3v) is 5.54. The molecule has 0 radical (unpaired) electrons. The van der Waals surface area contributed by atoms with Gasteiger partial charge in [0.25, 0.3) is 5.69 Å². The number of carbonyl (C=O) groups excluding carboxylic acids is 1. The Morgan fingerprint density at radius 3 is 2.68 bits per heavy atom. The molecule has 25 heavy (non-hydrogen) atoms. The van der Waals surface area contributed by atoms with E-state index in [1.165, 1.54) is 23.9 Å². The van der Waals surface area contributed by atoms with Crippen molar-refractivity contribution in [3.05, 3.63) is 57.6 Å². The molecular weight excluding hydrogens is 358 g/mol. The van der Waals surface area contributed by atoms with Gasteiger partial charge >= 0.3 is 0 Å². The fourth-order valence-corrected chi connectivity index (χ4v) is 4.00. The molecule has 8 heteroatoms. The predicted molar refractivity (Wildman–Crippen MR) is 101 cm³/mol. The number of aromatic nitrogens is 1. The van der Waals surface area contributed by atoms with Crippen LogP contribution >= 0.6 is 23.1 Å². The minimum atomic E-state index is -0.443. The van der Waals surface area contributed by atoms with E-state index >= 15 is 0 Å². The van der Waals surface area contributed by atoms with Crippen molar-refractivity contribution in [1.82, 2.24) is 4.98 Å². The second-order valence-electron chi connectivity index (χ2n) is 5.42. The van der Waals surface area contributed by atoms with Crippen LogP contribution in [0.4, 0.5) is 11.4 Å². The highest BCUT2D eigenvalue weighted by atomic mass is 32.2. The molecule has 0 aliphatic rings. The summed E-state index contributed by atoms with van der Waals surface area (Å²) in [4.78, 5) is 27.8. The van der Waals surface area contributed by atoms with Crippen LogP contribution in [0.3, 0.4) is 0 Å². The van der Waals surface area contributed by atoms with Gasteiger partial charge < -0.3 is 5.32 Å². The van der Waals surface area contributed by atoms with E-state index in [-0.39, 0.29) is 16.8 Å². The van der Waals surface area contributed by atoms with Crippen LogP contribution in [0.1, 0.15) is 11.9 Å². The van der Waals surface area contributed by atoms with Gasteiger partial charge in [0.2, 0.25) is 5.91 Å². The minimum absolute atomic E-state index is 0.0367. The van der Waals surface area contributed by atoms with Gasteiger partial charge in [0.15, 0.2) is 0 Å². The van der Waals surface area contributed by atoms with Crippen molar-refractivity contribution in [2.75, 3.05) is 5.32 Å². The van der Waals surface area contributed by atoms with Crippen LogP contribution in [0.25, 0.3) is 10.2 Å². The Bertz CT molecular complexity index is 938. The summed E-state index contributed by atoms with van der Waals surface area (Å²) in [5.74, 6) is -0.121. The van der Waals surface area contributed by atoms with Crippen molar-refractivity contribution in [2.24, 2.45) is 0 Å². The van der Waals surface area contributed by atoms with Crippen molar-refractivity contribution < 1.29 is 9.72 Å². The first kappa shape index (κ1) is 17.4. The molecule has 3 aromatic rings. The van der Waals surface area contributed by atoms with E-state index < -0.39 is 4.92 Å². The van der Waals surface area contributed by atoms with Gasteiger partial charge in [0, 0.05) is 22.7 Å². The van der Waals surface area contributed by atoms with Gasteiger partial charge in [-0.2, -0.15) is 0 Å². The van der Waals surface area contributed by atoms with Crippen molar-refractivity contribution in [2.45, 2.75) is 24.0 Å². The van der Waals surface area contributed by atoms with E-state index in [2.05, 4.69) is 10.3 Å². The molecule has 0 spiro atoms. The SMILES string of the molecule is Cc1nc2ccc(NC(=O)[C@@H](C)Sc3ccc([N+](=O)[O-])cc3)cc2s1. The number of hydrogen-bond donors (Lipinski definition) is 1. The van der Waals surface area contributed by atoms with Gasteiger partial charge in [-0.05, 0) is 44.2 Å². The Morgan fingerprint density at radius 1 is 1.28 bits per heavy atom. The molecule has 128 valence electrons.